The third kappa shape index (κ3) is 17.5. The van der Waals surface area contributed by atoms with Crippen molar-refractivity contribution in [2.75, 3.05) is 7.05 Å². The summed E-state index contributed by atoms with van der Waals surface area (Å²) in [5.41, 5.74) is 8.61. The van der Waals surface area contributed by atoms with Gasteiger partial charge in [-0.1, -0.05) is 97.4 Å². The Morgan fingerprint density at radius 1 is 1.09 bits per heavy atom. The summed E-state index contributed by atoms with van der Waals surface area (Å²) in [6, 6.07) is 9.84. The molecule has 1 atom stereocenters. The first-order valence-corrected chi connectivity index (χ1v) is 13.3. The predicted octanol–water partition coefficient (Wildman–Crippen LogP) is 7.95. The highest BCUT2D eigenvalue weighted by Gasteiger charge is 2.22. The van der Waals surface area contributed by atoms with Gasteiger partial charge >= 0.3 is 0 Å². The first-order valence-electron chi connectivity index (χ1n) is 13.3. The summed E-state index contributed by atoms with van der Waals surface area (Å²) >= 11 is 0. The van der Waals surface area contributed by atoms with E-state index in [2.05, 4.69) is 48.6 Å². The lowest BCUT2D eigenvalue weighted by Crippen LogP contribution is -1.93. The Kier molecular flexibility index (Phi) is 22.9. The molecule has 1 aliphatic rings. The smallest absolute Gasteiger partial charge is 0.161 e. The zero-order chi connectivity index (χ0) is 27.1. The lowest BCUT2D eigenvalue weighted by Gasteiger charge is -2.06. The van der Waals surface area contributed by atoms with Crippen LogP contribution in [0.25, 0.3) is 0 Å². The summed E-state index contributed by atoms with van der Waals surface area (Å²) in [7, 11) is 1.50. The average Bonchev–Trinajstić information content (AvgIpc) is 3.75. The molecule has 2 aromatic rings. The van der Waals surface area contributed by atoms with Gasteiger partial charge in [0.25, 0.3) is 0 Å². The van der Waals surface area contributed by atoms with Gasteiger partial charge in [0.2, 0.25) is 0 Å². The first kappa shape index (κ1) is 34.6. The molecule has 35 heavy (non-hydrogen) atoms. The van der Waals surface area contributed by atoms with Crippen LogP contribution < -0.4 is 5.73 Å². The molecule has 1 aromatic heterocycles. The van der Waals surface area contributed by atoms with Crippen molar-refractivity contribution in [1.82, 2.24) is 9.97 Å². The van der Waals surface area contributed by atoms with E-state index in [-0.39, 0.29) is 0 Å². The summed E-state index contributed by atoms with van der Waals surface area (Å²) in [5, 5.41) is 8.46. The number of rotatable bonds is 8. The largest absolute Gasteiger partial charge is 0.333 e. The third-order valence-electron chi connectivity index (χ3n) is 5.54. The predicted molar refractivity (Wildman–Crippen MR) is 150 cm³/mol. The van der Waals surface area contributed by atoms with Crippen molar-refractivity contribution >= 4 is 6.29 Å². The van der Waals surface area contributed by atoms with Crippen molar-refractivity contribution in [2.24, 2.45) is 11.7 Å². The number of aromatic nitrogens is 2. The van der Waals surface area contributed by atoms with Crippen molar-refractivity contribution in [1.29, 1.82) is 5.26 Å². The van der Waals surface area contributed by atoms with Gasteiger partial charge in [-0.15, -0.1) is 0 Å². The summed E-state index contributed by atoms with van der Waals surface area (Å²) in [4.78, 5) is 18.2. The minimum Gasteiger partial charge on any atom is -0.333 e. The molecule has 5 nitrogen and oxygen atoms in total. The zero-order valence-electron chi connectivity index (χ0n) is 23.6. The van der Waals surface area contributed by atoms with E-state index in [1.54, 1.807) is 13.1 Å². The van der Waals surface area contributed by atoms with Crippen molar-refractivity contribution in [3.63, 3.8) is 0 Å². The molecular formula is C30H50N4O. The number of unbranched alkanes of at least 4 members (excludes halogenated alkanes) is 3. The number of benzene rings is 1. The van der Waals surface area contributed by atoms with Gasteiger partial charge in [-0.3, -0.25) is 9.78 Å². The van der Waals surface area contributed by atoms with Crippen LogP contribution in [-0.2, 0) is 0 Å². The highest BCUT2D eigenvalue weighted by molar-refractivity contribution is 5.74. The number of carbonyl (C=O) groups is 1. The van der Waals surface area contributed by atoms with Crippen LogP contribution in [-0.4, -0.2) is 23.3 Å². The van der Waals surface area contributed by atoms with Crippen LogP contribution in [0.3, 0.4) is 0 Å². The Balaban J connectivity index is 0. The Morgan fingerprint density at radius 2 is 1.69 bits per heavy atom. The number of aryl methyl sites for hydroxylation is 2. The van der Waals surface area contributed by atoms with Gasteiger partial charge in [-0.2, -0.15) is 5.26 Å². The third-order valence-corrected chi connectivity index (χ3v) is 5.54. The normalized spacial score (nSPS) is 11.9. The van der Waals surface area contributed by atoms with Gasteiger partial charge in [0.15, 0.2) is 5.69 Å². The van der Waals surface area contributed by atoms with Crippen molar-refractivity contribution in [3.05, 3.63) is 58.7 Å². The molecule has 1 aliphatic carbocycles. The fraction of sp³-hybridized carbons (Fsp3) is 0.600. The lowest BCUT2D eigenvalue weighted by molar-refractivity contribution is 0.112. The topological polar surface area (TPSA) is 92.7 Å². The lowest BCUT2D eigenvalue weighted by atomic mass is 10.0. The van der Waals surface area contributed by atoms with Gasteiger partial charge in [-0.05, 0) is 51.1 Å². The van der Waals surface area contributed by atoms with E-state index in [1.165, 1.54) is 64.0 Å². The Bertz CT molecular complexity index is 808. The van der Waals surface area contributed by atoms with Crippen LogP contribution in [0, 0.1) is 31.1 Å². The summed E-state index contributed by atoms with van der Waals surface area (Å²) in [5.74, 6) is 1.74. The van der Waals surface area contributed by atoms with Crippen molar-refractivity contribution < 1.29 is 4.79 Å². The number of hydrogen-bond donors (Lipinski definition) is 1. The van der Waals surface area contributed by atoms with Crippen LogP contribution in [0.4, 0.5) is 0 Å². The van der Waals surface area contributed by atoms with E-state index >= 15 is 0 Å². The number of hydrogen-bond acceptors (Lipinski definition) is 5. The van der Waals surface area contributed by atoms with Gasteiger partial charge < -0.3 is 5.73 Å². The summed E-state index contributed by atoms with van der Waals surface area (Å²) in [6.07, 6.45) is 13.6. The van der Waals surface area contributed by atoms with E-state index in [4.69, 9.17) is 5.26 Å². The molecule has 1 unspecified atom stereocenters. The quantitative estimate of drug-likeness (QED) is 0.304. The second-order valence-electron chi connectivity index (χ2n) is 8.48. The van der Waals surface area contributed by atoms with E-state index in [9.17, 15) is 4.79 Å². The van der Waals surface area contributed by atoms with Crippen LogP contribution in [0.2, 0.25) is 0 Å². The van der Waals surface area contributed by atoms with Crippen LogP contribution in [0.15, 0.2) is 30.5 Å². The maximum atomic E-state index is 10.3. The van der Waals surface area contributed by atoms with Gasteiger partial charge in [0.05, 0.1) is 11.4 Å². The SMILES string of the molecule is CC.CCCCCCC(C)CC.CN.Cc1cnc(C#N)c(C)n1.O=Cc1ccc(C2CC2)cc1. The van der Waals surface area contributed by atoms with Gasteiger partial charge in [0, 0.05) is 11.8 Å². The molecule has 196 valence electrons. The number of aldehydes is 1. The monoisotopic (exact) mass is 482 g/mol. The molecule has 1 heterocycles. The molecular weight excluding hydrogens is 432 g/mol. The van der Waals surface area contributed by atoms with Gasteiger partial charge in [-0.25, -0.2) is 4.98 Å². The maximum Gasteiger partial charge on any atom is 0.161 e. The molecule has 0 spiro atoms. The molecule has 0 aliphatic heterocycles. The van der Waals surface area contributed by atoms with Crippen LogP contribution >= 0.6 is 0 Å². The van der Waals surface area contributed by atoms with Crippen molar-refractivity contribution in [2.45, 2.75) is 106 Å². The van der Waals surface area contributed by atoms with Crippen LogP contribution in [0.1, 0.15) is 125 Å². The molecule has 0 bridgehead atoms. The van der Waals surface area contributed by atoms with E-state index < -0.39 is 0 Å². The molecule has 1 fully saturated rings. The highest BCUT2D eigenvalue weighted by atomic mass is 16.1. The molecule has 0 radical (unpaired) electrons. The van der Waals surface area contributed by atoms with Crippen LogP contribution in [0.5, 0.6) is 0 Å². The second kappa shape index (κ2) is 23.2. The Hall–Kier alpha value is -2.58. The standard InChI is InChI=1S/C10H10O.C10H22.C7H7N3.C2H6.CH5N/c11-7-8-1-3-9(4-2-8)10-5-6-10;1-4-6-7-8-9-10(3)5-2;1-5-4-9-7(3-8)6(2)10-5;2*1-2/h1-4,7,10H,5-6H2;10H,4-9H2,1-3H3;4H,1-2H3;1-2H3;2H2,1H3. The molecule has 2 N–H and O–H groups in total. The minimum absolute atomic E-state index is 0.408. The highest BCUT2D eigenvalue weighted by Crippen LogP contribution is 2.39. The Morgan fingerprint density at radius 3 is 2.11 bits per heavy atom. The molecule has 1 aromatic carbocycles. The minimum atomic E-state index is 0.408. The summed E-state index contributed by atoms with van der Waals surface area (Å²) < 4.78 is 0. The second-order valence-corrected chi connectivity index (χ2v) is 8.48. The molecule has 0 saturated heterocycles. The van der Waals surface area contributed by atoms with E-state index in [0.717, 1.165) is 29.4 Å². The van der Waals surface area contributed by atoms with E-state index in [0.29, 0.717) is 11.4 Å². The Labute approximate surface area is 215 Å². The molecule has 3 rings (SSSR count). The fourth-order valence-corrected chi connectivity index (χ4v) is 3.09. The van der Waals surface area contributed by atoms with Gasteiger partial charge in [0.1, 0.15) is 12.4 Å². The zero-order valence-corrected chi connectivity index (χ0v) is 23.6. The average molecular weight is 483 g/mol. The van der Waals surface area contributed by atoms with E-state index in [1.807, 2.05) is 39.0 Å². The molecule has 0 amide bonds. The first-order chi connectivity index (χ1) is 16.9. The number of nitrogens with zero attached hydrogens (tertiary/aromatic N) is 3. The number of carbonyl (C=O) groups excluding carboxylic acids is 1. The summed E-state index contributed by atoms with van der Waals surface area (Å²) in [6.45, 7) is 14.5. The number of nitriles is 1. The molecule has 1 saturated carbocycles. The molecule has 5 heteroatoms. The maximum absolute atomic E-state index is 10.3. The number of nitrogens with two attached hydrogens (primary N) is 1. The fourth-order valence-electron chi connectivity index (χ4n) is 3.09. The van der Waals surface area contributed by atoms with Crippen molar-refractivity contribution in [3.8, 4) is 6.07 Å².